The highest BCUT2D eigenvalue weighted by Crippen LogP contribution is 2.33. The standard InChI is InChI=1S/C16H21N3O3S2/c1-3-5-12-13(7-6-11(10(2)20)14(12)21)22-8-4-9-23-16-19-18-15(17)24-16/h6-7,21H,3-5,8-9H2,1-2H3,(H2,17,18). The van der Waals surface area contributed by atoms with Gasteiger partial charge >= 0.3 is 0 Å². The third kappa shape index (κ3) is 4.85. The van der Waals surface area contributed by atoms with Gasteiger partial charge in [0.2, 0.25) is 5.13 Å². The summed E-state index contributed by atoms with van der Waals surface area (Å²) in [6.45, 7) is 3.99. The number of carbonyl (C=O) groups is 1. The molecule has 2 aromatic rings. The van der Waals surface area contributed by atoms with E-state index in [1.54, 1.807) is 23.9 Å². The van der Waals surface area contributed by atoms with E-state index in [0.29, 0.717) is 35.0 Å². The molecule has 8 heteroatoms. The number of ether oxygens (including phenoxy) is 1. The molecule has 0 saturated heterocycles. The summed E-state index contributed by atoms with van der Waals surface area (Å²) in [5.74, 6) is 1.38. The molecular weight excluding hydrogens is 346 g/mol. The van der Waals surface area contributed by atoms with Crippen LogP contribution in [-0.4, -0.2) is 33.4 Å². The molecule has 6 nitrogen and oxygen atoms in total. The zero-order chi connectivity index (χ0) is 17.5. The number of benzene rings is 1. The predicted molar refractivity (Wildman–Crippen MR) is 97.3 cm³/mol. The van der Waals surface area contributed by atoms with Crippen LogP contribution in [0.4, 0.5) is 5.13 Å². The molecule has 0 saturated carbocycles. The van der Waals surface area contributed by atoms with Crippen LogP contribution in [0.25, 0.3) is 0 Å². The van der Waals surface area contributed by atoms with Gasteiger partial charge in [0.05, 0.1) is 12.2 Å². The number of nitrogen functional groups attached to an aromatic ring is 1. The van der Waals surface area contributed by atoms with Gasteiger partial charge in [-0.2, -0.15) is 0 Å². The van der Waals surface area contributed by atoms with Crippen LogP contribution in [0.5, 0.6) is 11.5 Å². The number of aromatic hydroxyl groups is 1. The van der Waals surface area contributed by atoms with Gasteiger partial charge in [-0.1, -0.05) is 36.4 Å². The molecule has 0 bridgehead atoms. The molecule has 3 N–H and O–H groups in total. The van der Waals surface area contributed by atoms with Crippen molar-refractivity contribution in [2.45, 2.75) is 37.4 Å². The Labute approximate surface area is 149 Å². The van der Waals surface area contributed by atoms with E-state index in [9.17, 15) is 9.90 Å². The zero-order valence-corrected chi connectivity index (χ0v) is 15.4. The second-order valence-electron chi connectivity index (χ2n) is 5.20. The topological polar surface area (TPSA) is 98.3 Å². The van der Waals surface area contributed by atoms with Crippen molar-refractivity contribution in [1.29, 1.82) is 0 Å². The van der Waals surface area contributed by atoms with Crippen LogP contribution in [0.1, 0.15) is 42.6 Å². The summed E-state index contributed by atoms with van der Waals surface area (Å²) in [7, 11) is 0. The van der Waals surface area contributed by atoms with Crippen molar-refractivity contribution in [1.82, 2.24) is 10.2 Å². The van der Waals surface area contributed by atoms with Gasteiger partial charge in [0.1, 0.15) is 11.5 Å². The van der Waals surface area contributed by atoms with E-state index in [-0.39, 0.29) is 11.5 Å². The van der Waals surface area contributed by atoms with Crippen molar-refractivity contribution < 1.29 is 14.6 Å². The smallest absolute Gasteiger partial charge is 0.203 e. The monoisotopic (exact) mass is 367 g/mol. The molecule has 2 rings (SSSR count). The summed E-state index contributed by atoms with van der Waals surface area (Å²) in [6.07, 6.45) is 2.35. The molecule has 0 aliphatic rings. The number of phenols is 1. The summed E-state index contributed by atoms with van der Waals surface area (Å²) in [5.41, 5.74) is 6.58. The Balaban J connectivity index is 1.91. The van der Waals surface area contributed by atoms with Crippen LogP contribution in [0.3, 0.4) is 0 Å². The number of hydrogen-bond donors (Lipinski definition) is 2. The number of nitrogens with zero attached hydrogens (tertiary/aromatic N) is 2. The highest BCUT2D eigenvalue weighted by Gasteiger charge is 2.15. The number of aromatic nitrogens is 2. The van der Waals surface area contributed by atoms with E-state index >= 15 is 0 Å². The highest BCUT2D eigenvalue weighted by atomic mass is 32.2. The quantitative estimate of drug-likeness (QED) is 0.397. The molecule has 1 heterocycles. The largest absolute Gasteiger partial charge is 0.507 e. The van der Waals surface area contributed by atoms with Gasteiger partial charge in [-0.05, 0) is 31.9 Å². The number of rotatable bonds is 9. The lowest BCUT2D eigenvalue weighted by molar-refractivity contribution is 0.101. The fourth-order valence-electron chi connectivity index (χ4n) is 2.21. The number of anilines is 1. The number of ketones is 1. The Bertz CT molecular complexity index is 704. The average Bonchev–Trinajstić information content (AvgIpc) is 2.95. The predicted octanol–water partition coefficient (Wildman–Crippen LogP) is 3.54. The van der Waals surface area contributed by atoms with Gasteiger partial charge < -0.3 is 15.6 Å². The lowest BCUT2D eigenvalue weighted by Crippen LogP contribution is -2.04. The first kappa shape index (κ1) is 18.5. The lowest BCUT2D eigenvalue weighted by Gasteiger charge is -2.14. The molecule has 24 heavy (non-hydrogen) atoms. The number of phenolic OH excluding ortho intramolecular Hbond substituents is 1. The molecular formula is C16H21N3O3S2. The molecule has 0 aliphatic heterocycles. The summed E-state index contributed by atoms with van der Waals surface area (Å²) in [4.78, 5) is 11.5. The molecule has 0 fully saturated rings. The van der Waals surface area contributed by atoms with Crippen molar-refractivity contribution >= 4 is 34.0 Å². The second-order valence-corrected chi connectivity index (χ2v) is 7.55. The van der Waals surface area contributed by atoms with Gasteiger partial charge in [0.15, 0.2) is 10.1 Å². The number of carbonyl (C=O) groups excluding carboxylic acids is 1. The molecule has 0 atom stereocenters. The molecule has 1 aromatic carbocycles. The first-order chi connectivity index (χ1) is 11.5. The van der Waals surface area contributed by atoms with Gasteiger partial charge in [-0.25, -0.2) is 0 Å². The Kier molecular flexibility index (Phi) is 6.86. The molecule has 0 spiro atoms. The Morgan fingerprint density at radius 2 is 2.21 bits per heavy atom. The average molecular weight is 367 g/mol. The van der Waals surface area contributed by atoms with Crippen LogP contribution >= 0.6 is 23.1 Å². The molecule has 0 amide bonds. The van der Waals surface area contributed by atoms with Crippen LogP contribution in [0.15, 0.2) is 16.5 Å². The maximum absolute atomic E-state index is 11.5. The van der Waals surface area contributed by atoms with Crippen molar-refractivity contribution in [3.8, 4) is 11.5 Å². The molecule has 0 aliphatic carbocycles. The molecule has 0 radical (unpaired) electrons. The van der Waals surface area contributed by atoms with E-state index in [4.69, 9.17) is 10.5 Å². The van der Waals surface area contributed by atoms with Crippen LogP contribution in [-0.2, 0) is 6.42 Å². The van der Waals surface area contributed by atoms with E-state index in [1.165, 1.54) is 18.3 Å². The summed E-state index contributed by atoms with van der Waals surface area (Å²) in [5, 5.41) is 18.5. The maximum atomic E-state index is 11.5. The highest BCUT2D eigenvalue weighted by molar-refractivity contribution is 8.01. The van der Waals surface area contributed by atoms with Gasteiger partial charge in [-0.15, -0.1) is 10.2 Å². The van der Waals surface area contributed by atoms with Crippen molar-refractivity contribution in [2.75, 3.05) is 18.1 Å². The van der Waals surface area contributed by atoms with Gasteiger partial charge in [0, 0.05) is 11.3 Å². The molecule has 0 unspecified atom stereocenters. The summed E-state index contributed by atoms with van der Waals surface area (Å²) >= 11 is 2.96. The first-order valence-corrected chi connectivity index (χ1v) is 9.53. The molecule has 1 aromatic heterocycles. The Morgan fingerprint density at radius 1 is 1.42 bits per heavy atom. The van der Waals surface area contributed by atoms with Crippen LogP contribution < -0.4 is 10.5 Å². The summed E-state index contributed by atoms with van der Waals surface area (Å²) < 4.78 is 6.66. The zero-order valence-electron chi connectivity index (χ0n) is 13.7. The molecule has 130 valence electrons. The maximum Gasteiger partial charge on any atom is 0.203 e. The SMILES string of the molecule is CCCc1c(OCCCSc2nnc(N)s2)ccc(C(C)=O)c1O. The minimum atomic E-state index is -0.149. The number of hydrogen-bond acceptors (Lipinski definition) is 8. The van der Waals surface area contributed by atoms with Gasteiger partial charge in [0.25, 0.3) is 0 Å². The van der Waals surface area contributed by atoms with E-state index in [2.05, 4.69) is 10.2 Å². The fraction of sp³-hybridized carbons (Fsp3) is 0.438. The lowest BCUT2D eigenvalue weighted by atomic mass is 10.0. The van der Waals surface area contributed by atoms with Crippen molar-refractivity contribution in [2.24, 2.45) is 0 Å². The third-order valence-corrected chi connectivity index (χ3v) is 5.28. The van der Waals surface area contributed by atoms with Crippen LogP contribution in [0, 0.1) is 0 Å². The third-order valence-electron chi connectivity index (χ3n) is 3.31. The first-order valence-electron chi connectivity index (χ1n) is 7.73. The fourth-order valence-corrected chi connectivity index (χ4v) is 3.83. The minimum absolute atomic E-state index is 0.0422. The number of nitrogens with two attached hydrogens (primary N) is 1. The normalized spacial score (nSPS) is 10.8. The Hall–Kier alpha value is -1.80. The van der Waals surface area contributed by atoms with E-state index in [0.717, 1.165) is 22.9 Å². The number of thioether (sulfide) groups is 1. The number of Topliss-reactive ketones (excluding diaryl/α,β-unsaturated/α-hetero) is 1. The van der Waals surface area contributed by atoms with E-state index < -0.39 is 0 Å². The minimum Gasteiger partial charge on any atom is -0.507 e. The second kappa shape index (κ2) is 8.89. The van der Waals surface area contributed by atoms with Crippen LogP contribution in [0.2, 0.25) is 0 Å². The van der Waals surface area contributed by atoms with E-state index in [1.807, 2.05) is 6.92 Å². The van der Waals surface area contributed by atoms with Crippen molar-refractivity contribution in [3.05, 3.63) is 23.3 Å². The summed E-state index contributed by atoms with van der Waals surface area (Å²) in [6, 6.07) is 3.38. The Morgan fingerprint density at radius 3 is 2.83 bits per heavy atom. The van der Waals surface area contributed by atoms with Gasteiger partial charge in [-0.3, -0.25) is 4.79 Å². The van der Waals surface area contributed by atoms with Crippen molar-refractivity contribution in [3.63, 3.8) is 0 Å².